The number of hydrogen-bond acceptors (Lipinski definition) is 6. The van der Waals surface area contributed by atoms with E-state index in [0.717, 1.165) is 12.1 Å². The minimum absolute atomic E-state index is 0.0253. The fourth-order valence-corrected chi connectivity index (χ4v) is 4.44. The second-order valence-corrected chi connectivity index (χ2v) is 8.95. The number of aromatic nitrogens is 2. The molecule has 0 radical (unpaired) electrons. The molecule has 2 aromatic carbocycles. The summed E-state index contributed by atoms with van der Waals surface area (Å²) in [7, 11) is -2.96. The molecule has 2 atom stereocenters. The lowest BCUT2D eigenvalue weighted by Gasteiger charge is -2.37. The normalized spacial score (nSPS) is 18.7. The molecule has 2 heterocycles. The van der Waals surface area contributed by atoms with Gasteiger partial charge in [-0.05, 0) is 55.8 Å². The van der Waals surface area contributed by atoms with E-state index in [9.17, 15) is 26.0 Å². The highest BCUT2D eigenvalue weighted by Crippen LogP contribution is 2.41. The number of halogens is 4. The Balaban J connectivity index is 2.03. The molecule has 4 rings (SSSR count). The first-order valence-electron chi connectivity index (χ1n) is 10.7. The second kappa shape index (κ2) is 9.78. The number of nitrogens with zero attached hydrogens (tertiary/aromatic N) is 3. The molecule has 0 saturated carbocycles. The van der Waals surface area contributed by atoms with Crippen molar-refractivity contribution in [2.45, 2.75) is 32.2 Å². The number of benzene rings is 2. The van der Waals surface area contributed by atoms with Crippen molar-refractivity contribution in [3.63, 3.8) is 0 Å². The van der Waals surface area contributed by atoms with Crippen molar-refractivity contribution in [1.82, 2.24) is 9.97 Å². The van der Waals surface area contributed by atoms with Crippen LogP contribution in [0.5, 0.6) is 0 Å². The summed E-state index contributed by atoms with van der Waals surface area (Å²) in [6.07, 6.45) is -5.39. The van der Waals surface area contributed by atoms with Crippen LogP contribution in [-0.4, -0.2) is 43.7 Å². The molecule has 1 fully saturated rings. The first kappa shape index (κ1) is 24.9. The van der Waals surface area contributed by atoms with Crippen LogP contribution < -0.4 is 9.62 Å². The van der Waals surface area contributed by atoms with Crippen LogP contribution in [0.1, 0.15) is 19.7 Å². The van der Waals surface area contributed by atoms with Crippen LogP contribution in [0.4, 0.5) is 29.1 Å². The number of alkyl halides is 3. The molecule has 1 aliphatic heterocycles. The average molecular weight is 511 g/mol. The highest BCUT2D eigenvalue weighted by molar-refractivity contribution is 7.73. The van der Waals surface area contributed by atoms with Gasteiger partial charge >= 0.3 is 6.18 Å². The van der Waals surface area contributed by atoms with E-state index in [1.807, 2.05) is 13.8 Å². The van der Waals surface area contributed by atoms with Gasteiger partial charge in [-0.2, -0.15) is 13.2 Å². The third kappa shape index (κ3) is 5.70. The summed E-state index contributed by atoms with van der Waals surface area (Å²) in [5, 5.41) is 0. The maximum absolute atomic E-state index is 13.9. The second-order valence-electron chi connectivity index (χ2n) is 8.21. The van der Waals surface area contributed by atoms with Gasteiger partial charge in [0.2, 0.25) is 16.7 Å². The first-order chi connectivity index (χ1) is 16.5. The Kier molecular flexibility index (Phi) is 6.95. The summed E-state index contributed by atoms with van der Waals surface area (Å²) < 4.78 is 85.7. The van der Waals surface area contributed by atoms with E-state index in [4.69, 9.17) is 4.74 Å². The topological polar surface area (TPSA) is 84.4 Å². The summed E-state index contributed by atoms with van der Waals surface area (Å²) >= 11 is 0. The van der Waals surface area contributed by atoms with Crippen LogP contribution >= 0.6 is 0 Å². The molecule has 7 nitrogen and oxygen atoms in total. The van der Waals surface area contributed by atoms with Gasteiger partial charge in [0.25, 0.3) is 0 Å². The first-order valence-corrected chi connectivity index (χ1v) is 11.9. The Labute approximate surface area is 200 Å². The average Bonchev–Trinajstić information content (AvgIpc) is 2.77. The number of anilines is 2. The molecule has 1 saturated heterocycles. The van der Waals surface area contributed by atoms with Crippen molar-refractivity contribution in [3.8, 4) is 22.4 Å². The Morgan fingerprint density at radius 3 is 2.26 bits per heavy atom. The van der Waals surface area contributed by atoms with Crippen molar-refractivity contribution in [3.05, 3.63) is 60.2 Å². The monoisotopic (exact) mass is 510 g/mol. The number of morpholine rings is 1. The van der Waals surface area contributed by atoms with Gasteiger partial charge in [0.1, 0.15) is 11.6 Å². The quantitative estimate of drug-likeness (QED) is 0.388. The molecular formula is C23H22F4N4O3S. The van der Waals surface area contributed by atoms with Crippen molar-refractivity contribution in [2.24, 2.45) is 0 Å². The van der Waals surface area contributed by atoms with Crippen LogP contribution in [0.2, 0.25) is 0 Å². The van der Waals surface area contributed by atoms with Gasteiger partial charge in [0, 0.05) is 24.3 Å². The van der Waals surface area contributed by atoms with E-state index in [2.05, 4.69) is 14.7 Å². The molecule has 0 spiro atoms. The lowest BCUT2D eigenvalue weighted by molar-refractivity contribution is -0.144. The summed E-state index contributed by atoms with van der Waals surface area (Å²) in [6.45, 7) is 4.17. The maximum atomic E-state index is 13.9. The van der Waals surface area contributed by atoms with E-state index < -0.39 is 28.7 Å². The Bertz CT molecular complexity index is 1280. The van der Waals surface area contributed by atoms with E-state index in [1.54, 1.807) is 17.0 Å². The van der Waals surface area contributed by atoms with Crippen LogP contribution in [0.15, 0.2) is 48.5 Å². The molecule has 0 amide bonds. The van der Waals surface area contributed by atoms with Gasteiger partial charge in [0.15, 0.2) is 0 Å². The lowest BCUT2D eigenvalue weighted by atomic mass is 9.98. The van der Waals surface area contributed by atoms with Gasteiger partial charge in [-0.3, -0.25) is 4.72 Å². The van der Waals surface area contributed by atoms with Crippen LogP contribution in [0, 0.1) is 5.82 Å². The predicted molar refractivity (Wildman–Crippen MR) is 124 cm³/mol. The zero-order valence-corrected chi connectivity index (χ0v) is 19.6. The number of hydrogen-bond donors (Lipinski definition) is 2. The molecule has 3 aromatic rings. The fraction of sp³-hybridized carbons (Fsp3) is 0.304. The molecular weight excluding hydrogens is 488 g/mol. The molecule has 186 valence electrons. The molecule has 0 bridgehead atoms. The fourth-order valence-electron chi connectivity index (χ4n) is 4.09. The highest BCUT2D eigenvalue weighted by Gasteiger charge is 2.38. The SMILES string of the molecule is CC1CN(c2nc(C(F)(F)F)nc(-c3ccc(F)cc3)c2-c2cccc(N[SH](=O)=O)c2)CC(C)O1. The van der Waals surface area contributed by atoms with Crippen molar-refractivity contribution < 1.29 is 30.7 Å². The van der Waals surface area contributed by atoms with Crippen molar-refractivity contribution in [1.29, 1.82) is 0 Å². The van der Waals surface area contributed by atoms with Gasteiger partial charge in [-0.25, -0.2) is 22.8 Å². The Morgan fingerprint density at radius 1 is 1.00 bits per heavy atom. The summed E-state index contributed by atoms with van der Waals surface area (Å²) in [6, 6.07) is 11.1. The minimum Gasteiger partial charge on any atom is -0.372 e. The molecule has 0 aliphatic carbocycles. The highest BCUT2D eigenvalue weighted by atomic mass is 32.2. The number of ether oxygens (including phenoxy) is 1. The number of nitrogens with one attached hydrogen (secondary N) is 1. The summed E-state index contributed by atoms with van der Waals surface area (Å²) in [5.41, 5.74) is 1.06. The smallest absolute Gasteiger partial charge is 0.372 e. The Morgan fingerprint density at radius 2 is 1.66 bits per heavy atom. The molecule has 1 N–H and O–H groups in total. The Hall–Kier alpha value is -3.25. The molecule has 1 aromatic heterocycles. The van der Waals surface area contributed by atoms with E-state index in [1.165, 1.54) is 24.3 Å². The molecule has 35 heavy (non-hydrogen) atoms. The lowest BCUT2D eigenvalue weighted by Crippen LogP contribution is -2.46. The van der Waals surface area contributed by atoms with E-state index in [0.29, 0.717) is 5.56 Å². The zero-order valence-electron chi connectivity index (χ0n) is 18.7. The van der Waals surface area contributed by atoms with Gasteiger partial charge < -0.3 is 9.64 Å². The van der Waals surface area contributed by atoms with Crippen LogP contribution in [-0.2, 0) is 21.8 Å². The number of thiol groups is 1. The zero-order chi connectivity index (χ0) is 25.3. The van der Waals surface area contributed by atoms with E-state index in [-0.39, 0.29) is 53.6 Å². The minimum atomic E-state index is -4.84. The standard InChI is InChI=1S/C23H22F4N4O3S/c1-13-11-31(12-14(2)34-13)21-19(16-4-3-5-18(10-16)30-35(32)33)20(15-6-8-17(24)9-7-15)28-22(29-21)23(25,26)27/h3-10,13-14,35H,11-12H2,1-2H3,(H,30,32,33). The van der Waals surface area contributed by atoms with Crippen molar-refractivity contribution in [2.75, 3.05) is 22.7 Å². The third-order valence-electron chi connectivity index (χ3n) is 5.35. The van der Waals surface area contributed by atoms with Gasteiger partial charge in [-0.15, -0.1) is 0 Å². The molecule has 2 unspecified atom stereocenters. The van der Waals surface area contributed by atoms with Crippen LogP contribution in [0.25, 0.3) is 22.4 Å². The van der Waals surface area contributed by atoms with Gasteiger partial charge in [0.05, 0.1) is 23.5 Å². The molecule has 12 heteroatoms. The van der Waals surface area contributed by atoms with Crippen molar-refractivity contribution >= 4 is 22.4 Å². The predicted octanol–water partition coefficient (Wildman–Crippen LogP) is 4.52. The largest absolute Gasteiger partial charge is 0.451 e. The number of rotatable bonds is 5. The van der Waals surface area contributed by atoms with Crippen LogP contribution in [0.3, 0.4) is 0 Å². The molecule has 1 aliphatic rings. The van der Waals surface area contributed by atoms with Gasteiger partial charge in [-0.1, -0.05) is 12.1 Å². The van der Waals surface area contributed by atoms with E-state index >= 15 is 0 Å². The summed E-state index contributed by atoms with van der Waals surface area (Å²) in [4.78, 5) is 9.48. The third-order valence-corrected chi connectivity index (χ3v) is 5.79. The summed E-state index contributed by atoms with van der Waals surface area (Å²) in [5.74, 6) is -1.86. The maximum Gasteiger partial charge on any atom is 0.451 e.